The molecule has 0 aliphatic carbocycles. The molecule has 0 saturated heterocycles. The van der Waals surface area contributed by atoms with Gasteiger partial charge in [0.05, 0.1) is 0 Å². The van der Waals surface area contributed by atoms with Crippen molar-refractivity contribution in [1.82, 2.24) is 0 Å². The normalized spacial score (nSPS) is 14.4. The second-order valence-corrected chi connectivity index (χ2v) is 3.21. The van der Waals surface area contributed by atoms with Gasteiger partial charge in [0, 0.05) is 5.70 Å². The van der Waals surface area contributed by atoms with Crippen LogP contribution in [0.25, 0.3) is 0 Å². The van der Waals surface area contributed by atoms with Crippen LogP contribution in [-0.4, -0.2) is 0 Å². The van der Waals surface area contributed by atoms with E-state index in [0.717, 1.165) is 16.8 Å². The first-order valence-electron chi connectivity index (χ1n) is 4.84. The Morgan fingerprint density at radius 1 is 1.00 bits per heavy atom. The van der Waals surface area contributed by atoms with E-state index in [0.29, 0.717) is 0 Å². The van der Waals surface area contributed by atoms with E-state index in [1.807, 2.05) is 50.3 Å². The lowest BCUT2D eigenvalue weighted by molar-refractivity contribution is 1.31. The average Bonchev–Trinajstić information content (AvgIpc) is 2.21. The molecule has 0 radical (unpaired) electrons. The number of allylic oxidation sites excluding steroid dienone is 10. The molecule has 0 heterocycles. The molecular weight excluding hydrogens is 182 g/mol. The van der Waals surface area contributed by atoms with Crippen LogP contribution in [0.15, 0.2) is 72.5 Å². The molecule has 0 amide bonds. The van der Waals surface area contributed by atoms with Crippen LogP contribution in [-0.2, 0) is 0 Å². The van der Waals surface area contributed by atoms with E-state index in [1.54, 1.807) is 6.08 Å². The Labute approximate surface area is 92.7 Å². The van der Waals surface area contributed by atoms with Crippen molar-refractivity contribution in [2.75, 3.05) is 0 Å². The van der Waals surface area contributed by atoms with Gasteiger partial charge < -0.3 is 5.73 Å². The molecule has 0 saturated carbocycles. The van der Waals surface area contributed by atoms with Crippen LogP contribution in [0, 0.1) is 0 Å². The summed E-state index contributed by atoms with van der Waals surface area (Å²) in [6, 6.07) is 0. The van der Waals surface area contributed by atoms with E-state index in [1.165, 1.54) is 0 Å². The Hall–Kier alpha value is -1.76. The summed E-state index contributed by atoms with van der Waals surface area (Å²) in [5.74, 6) is 0. The van der Waals surface area contributed by atoms with Crippen LogP contribution >= 0.6 is 0 Å². The predicted octanol–water partition coefficient (Wildman–Crippen LogP) is 3.65. The van der Waals surface area contributed by atoms with Gasteiger partial charge in [-0.25, -0.2) is 0 Å². The molecule has 0 aromatic heterocycles. The van der Waals surface area contributed by atoms with Gasteiger partial charge in [-0.15, -0.1) is 0 Å². The SMILES string of the molecule is C=C\C=C/C=C(C=C)/C(C)=C/C=C(\C)N. The van der Waals surface area contributed by atoms with Gasteiger partial charge >= 0.3 is 0 Å². The fraction of sp³-hybridized carbons (Fsp3) is 0.143. The first-order valence-corrected chi connectivity index (χ1v) is 4.84. The van der Waals surface area contributed by atoms with Gasteiger partial charge in [0.25, 0.3) is 0 Å². The summed E-state index contributed by atoms with van der Waals surface area (Å²) in [5, 5.41) is 0. The van der Waals surface area contributed by atoms with Crippen molar-refractivity contribution in [2.24, 2.45) is 5.73 Å². The largest absolute Gasteiger partial charge is 0.402 e. The lowest BCUT2D eigenvalue weighted by Gasteiger charge is -1.99. The Balaban J connectivity index is 4.82. The van der Waals surface area contributed by atoms with Crippen LogP contribution in [0.1, 0.15) is 13.8 Å². The van der Waals surface area contributed by atoms with E-state index in [2.05, 4.69) is 13.2 Å². The third-order valence-corrected chi connectivity index (χ3v) is 1.79. The molecule has 1 heteroatoms. The Kier molecular flexibility index (Phi) is 6.73. The van der Waals surface area contributed by atoms with Gasteiger partial charge in [0.1, 0.15) is 0 Å². The highest BCUT2D eigenvalue weighted by Gasteiger charge is 1.91. The zero-order chi connectivity index (χ0) is 11.7. The summed E-state index contributed by atoms with van der Waals surface area (Å²) in [7, 11) is 0. The van der Waals surface area contributed by atoms with Crippen LogP contribution < -0.4 is 5.73 Å². The maximum atomic E-state index is 5.55. The molecule has 0 rings (SSSR count). The standard InChI is InChI=1S/C14H19N/c1-5-7-8-9-14(6-2)12(3)10-11-13(4)15/h5-11H,1-2,15H2,3-4H3/b8-7-,12-10+,13-11+,14-9+. The fourth-order valence-electron chi connectivity index (χ4n) is 0.951. The Bertz CT molecular complexity index is 334. The zero-order valence-corrected chi connectivity index (χ0v) is 9.53. The third-order valence-electron chi connectivity index (χ3n) is 1.79. The van der Waals surface area contributed by atoms with Gasteiger partial charge in [-0.1, -0.05) is 49.6 Å². The molecule has 0 aromatic carbocycles. The molecule has 0 bridgehead atoms. The minimum atomic E-state index is 0.791. The molecule has 0 atom stereocenters. The van der Waals surface area contributed by atoms with Gasteiger partial charge in [0.15, 0.2) is 0 Å². The molecule has 80 valence electrons. The topological polar surface area (TPSA) is 26.0 Å². The number of hydrogen-bond donors (Lipinski definition) is 1. The van der Waals surface area contributed by atoms with Crippen molar-refractivity contribution >= 4 is 0 Å². The zero-order valence-electron chi connectivity index (χ0n) is 9.53. The summed E-state index contributed by atoms with van der Waals surface area (Å²) in [5.41, 5.74) is 8.54. The van der Waals surface area contributed by atoms with Crippen molar-refractivity contribution in [1.29, 1.82) is 0 Å². The van der Waals surface area contributed by atoms with Crippen molar-refractivity contribution < 1.29 is 0 Å². The summed E-state index contributed by atoms with van der Waals surface area (Å²) in [6.07, 6.45) is 13.2. The van der Waals surface area contributed by atoms with Crippen molar-refractivity contribution in [3.63, 3.8) is 0 Å². The lowest BCUT2D eigenvalue weighted by Crippen LogP contribution is -1.88. The lowest BCUT2D eigenvalue weighted by atomic mass is 10.1. The van der Waals surface area contributed by atoms with E-state index in [-0.39, 0.29) is 0 Å². The van der Waals surface area contributed by atoms with Gasteiger partial charge in [-0.05, 0) is 31.1 Å². The third kappa shape index (κ3) is 6.33. The molecule has 15 heavy (non-hydrogen) atoms. The maximum Gasteiger partial charge on any atom is 0.00489 e. The van der Waals surface area contributed by atoms with Crippen molar-refractivity contribution in [2.45, 2.75) is 13.8 Å². The van der Waals surface area contributed by atoms with Crippen LogP contribution in [0.2, 0.25) is 0 Å². The minimum absolute atomic E-state index is 0.791. The molecular formula is C14H19N. The highest BCUT2D eigenvalue weighted by molar-refractivity contribution is 5.41. The van der Waals surface area contributed by atoms with Crippen molar-refractivity contribution in [3.05, 3.63) is 72.5 Å². The molecule has 0 aliphatic heterocycles. The molecule has 0 aromatic rings. The highest BCUT2D eigenvalue weighted by Crippen LogP contribution is 2.10. The average molecular weight is 201 g/mol. The van der Waals surface area contributed by atoms with Crippen LogP contribution in [0.4, 0.5) is 0 Å². The minimum Gasteiger partial charge on any atom is -0.402 e. The van der Waals surface area contributed by atoms with Gasteiger partial charge in [0.2, 0.25) is 0 Å². The highest BCUT2D eigenvalue weighted by atomic mass is 14.5. The van der Waals surface area contributed by atoms with E-state index < -0.39 is 0 Å². The van der Waals surface area contributed by atoms with Gasteiger partial charge in [-0.3, -0.25) is 0 Å². The van der Waals surface area contributed by atoms with Gasteiger partial charge in [-0.2, -0.15) is 0 Å². The molecule has 0 unspecified atom stereocenters. The van der Waals surface area contributed by atoms with E-state index in [4.69, 9.17) is 5.73 Å². The first-order chi connectivity index (χ1) is 7.11. The molecule has 0 fully saturated rings. The van der Waals surface area contributed by atoms with Crippen molar-refractivity contribution in [3.8, 4) is 0 Å². The number of hydrogen-bond acceptors (Lipinski definition) is 1. The Morgan fingerprint density at radius 2 is 1.67 bits per heavy atom. The summed E-state index contributed by atoms with van der Waals surface area (Å²) < 4.78 is 0. The summed E-state index contributed by atoms with van der Waals surface area (Å²) >= 11 is 0. The quantitative estimate of drug-likeness (QED) is 0.675. The number of nitrogens with two attached hydrogens (primary N) is 1. The smallest absolute Gasteiger partial charge is 0.00489 e. The van der Waals surface area contributed by atoms with Crippen LogP contribution in [0.3, 0.4) is 0 Å². The second-order valence-electron chi connectivity index (χ2n) is 3.21. The predicted molar refractivity (Wildman–Crippen MR) is 69.3 cm³/mol. The van der Waals surface area contributed by atoms with E-state index in [9.17, 15) is 0 Å². The first kappa shape index (κ1) is 13.2. The van der Waals surface area contributed by atoms with Crippen LogP contribution in [0.5, 0.6) is 0 Å². The fourth-order valence-corrected chi connectivity index (χ4v) is 0.951. The molecule has 0 aliphatic rings. The number of rotatable bonds is 5. The monoisotopic (exact) mass is 201 g/mol. The molecule has 0 spiro atoms. The summed E-state index contributed by atoms with van der Waals surface area (Å²) in [6.45, 7) is 11.3. The summed E-state index contributed by atoms with van der Waals surface area (Å²) in [4.78, 5) is 0. The second kappa shape index (κ2) is 7.63. The maximum absolute atomic E-state index is 5.55. The molecule has 2 N–H and O–H groups in total. The molecule has 1 nitrogen and oxygen atoms in total. The Morgan fingerprint density at radius 3 is 2.13 bits per heavy atom. The van der Waals surface area contributed by atoms with E-state index >= 15 is 0 Å².